The minimum Gasteiger partial charge on any atom is -0.490 e. The van der Waals surface area contributed by atoms with Crippen molar-refractivity contribution in [3.63, 3.8) is 0 Å². The zero-order chi connectivity index (χ0) is 18.4. The molecule has 0 aliphatic carbocycles. The Kier molecular flexibility index (Phi) is 7.75. The van der Waals surface area contributed by atoms with Gasteiger partial charge in [0.1, 0.15) is 24.5 Å². The number of esters is 1. The summed E-state index contributed by atoms with van der Waals surface area (Å²) in [7, 11) is 0. The lowest BCUT2D eigenvalue weighted by atomic mass is 10.2. The van der Waals surface area contributed by atoms with Crippen molar-refractivity contribution >= 4 is 35.4 Å². The van der Waals surface area contributed by atoms with E-state index in [1.54, 1.807) is 36.1 Å². The Bertz CT molecular complexity index is 772. The zero-order valence-electron chi connectivity index (χ0n) is 15.1. The van der Waals surface area contributed by atoms with Crippen LogP contribution in [0.25, 0.3) is 11.0 Å². The molecule has 2 aromatic rings. The molecule has 1 fully saturated rings. The molecule has 8 nitrogen and oxygen atoms in total. The maximum Gasteiger partial charge on any atom is 0.409 e. The molecule has 1 N–H and O–H groups in total. The lowest BCUT2D eigenvalue weighted by Gasteiger charge is -2.26. The first-order valence-corrected chi connectivity index (χ1v) is 8.63. The average Bonchev–Trinajstić information content (AvgIpc) is 3.09. The Morgan fingerprint density at radius 2 is 1.93 bits per heavy atom. The number of carbonyl (C=O) groups excluding carboxylic acids is 2. The Labute approximate surface area is 163 Å². The van der Waals surface area contributed by atoms with Gasteiger partial charge >= 0.3 is 12.1 Å². The van der Waals surface area contributed by atoms with E-state index in [-0.39, 0.29) is 44.1 Å². The van der Waals surface area contributed by atoms with Gasteiger partial charge in [0.25, 0.3) is 0 Å². The molecule has 27 heavy (non-hydrogen) atoms. The molecule has 0 unspecified atom stereocenters. The third-order valence-corrected chi connectivity index (χ3v) is 3.92. The second-order valence-corrected chi connectivity index (χ2v) is 5.73. The van der Waals surface area contributed by atoms with E-state index in [1.807, 2.05) is 0 Å². The predicted molar refractivity (Wildman–Crippen MR) is 101 cm³/mol. The molecule has 1 aliphatic heterocycles. The van der Waals surface area contributed by atoms with E-state index >= 15 is 0 Å². The van der Waals surface area contributed by atoms with E-state index in [9.17, 15) is 9.59 Å². The van der Waals surface area contributed by atoms with Crippen LogP contribution in [0.3, 0.4) is 0 Å². The molecule has 0 radical (unpaired) electrons. The van der Waals surface area contributed by atoms with Crippen LogP contribution in [0.15, 0.2) is 28.7 Å². The average molecular weight is 399 g/mol. The van der Waals surface area contributed by atoms with Crippen molar-refractivity contribution in [2.45, 2.75) is 6.92 Å². The van der Waals surface area contributed by atoms with Gasteiger partial charge in [-0.25, -0.2) is 9.59 Å². The Morgan fingerprint density at radius 1 is 1.15 bits per heavy atom. The van der Waals surface area contributed by atoms with Crippen molar-refractivity contribution in [2.75, 3.05) is 46.0 Å². The van der Waals surface area contributed by atoms with Crippen LogP contribution in [0, 0.1) is 0 Å². The van der Waals surface area contributed by atoms with E-state index < -0.39 is 5.97 Å². The van der Waals surface area contributed by atoms with Crippen LogP contribution >= 0.6 is 12.4 Å². The van der Waals surface area contributed by atoms with Gasteiger partial charge in [0.05, 0.1) is 6.61 Å². The first-order chi connectivity index (χ1) is 12.7. The van der Waals surface area contributed by atoms with E-state index in [0.29, 0.717) is 24.4 Å². The summed E-state index contributed by atoms with van der Waals surface area (Å²) in [5.41, 5.74) is 0.575. The maximum atomic E-state index is 11.9. The number of halogens is 1. The normalized spacial score (nSPS) is 13.7. The van der Waals surface area contributed by atoms with Gasteiger partial charge in [0.15, 0.2) is 0 Å². The van der Waals surface area contributed by atoms with Crippen molar-refractivity contribution in [3.8, 4) is 5.75 Å². The van der Waals surface area contributed by atoms with Gasteiger partial charge in [-0.1, -0.05) is 0 Å². The fourth-order valence-electron chi connectivity index (χ4n) is 2.64. The molecule has 1 aromatic heterocycles. The summed E-state index contributed by atoms with van der Waals surface area (Å²) in [5.74, 6) is 0.266. The summed E-state index contributed by atoms with van der Waals surface area (Å²) in [6, 6.07) is 6.84. The van der Waals surface area contributed by atoms with Crippen LogP contribution in [0.2, 0.25) is 0 Å². The Morgan fingerprint density at radius 3 is 2.67 bits per heavy atom. The first kappa shape index (κ1) is 20.9. The van der Waals surface area contributed by atoms with E-state index in [4.69, 9.17) is 18.6 Å². The van der Waals surface area contributed by atoms with Crippen molar-refractivity contribution < 1.29 is 28.2 Å². The molecular formula is C18H23ClN2O6. The highest BCUT2D eigenvalue weighted by Gasteiger charge is 2.17. The van der Waals surface area contributed by atoms with Crippen LogP contribution in [-0.2, 0) is 9.47 Å². The predicted octanol–water partition coefficient (Wildman–Crippen LogP) is 2.45. The van der Waals surface area contributed by atoms with Crippen molar-refractivity contribution in [2.24, 2.45) is 0 Å². The number of amides is 1. The number of piperazine rings is 1. The van der Waals surface area contributed by atoms with Crippen LogP contribution in [0.1, 0.15) is 17.5 Å². The summed E-state index contributed by atoms with van der Waals surface area (Å²) < 4.78 is 21.2. The first-order valence-electron chi connectivity index (χ1n) is 8.63. The molecule has 0 saturated carbocycles. The molecule has 1 amide bonds. The summed E-state index contributed by atoms with van der Waals surface area (Å²) in [5, 5.41) is 3.92. The Hall–Kier alpha value is -2.45. The minimum atomic E-state index is -0.494. The minimum absolute atomic E-state index is 0. The highest BCUT2D eigenvalue weighted by Crippen LogP contribution is 2.24. The van der Waals surface area contributed by atoms with Crippen LogP contribution in [0.5, 0.6) is 5.75 Å². The van der Waals surface area contributed by atoms with Gasteiger partial charge in [0, 0.05) is 31.6 Å². The number of benzene rings is 1. The van der Waals surface area contributed by atoms with Gasteiger partial charge in [-0.2, -0.15) is 0 Å². The third-order valence-electron chi connectivity index (χ3n) is 3.92. The highest BCUT2D eigenvalue weighted by atomic mass is 35.5. The summed E-state index contributed by atoms with van der Waals surface area (Å²) in [6.45, 7) is 5.30. The molecule has 0 atom stereocenters. The molecule has 3 rings (SSSR count). The van der Waals surface area contributed by atoms with E-state index in [1.165, 1.54) is 0 Å². The zero-order valence-corrected chi connectivity index (χ0v) is 15.9. The number of nitrogens with one attached hydrogen (secondary N) is 1. The molecule has 148 valence electrons. The monoisotopic (exact) mass is 398 g/mol. The third kappa shape index (κ3) is 5.51. The van der Waals surface area contributed by atoms with Gasteiger partial charge in [-0.15, -0.1) is 12.4 Å². The van der Waals surface area contributed by atoms with Crippen molar-refractivity contribution in [1.82, 2.24) is 10.2 Å². The maximum absolute atomic E-state index is 11.9. The molecule has 0 bridgehead atoms. The molecule has 1 aliphatic rings. The number of furan rings is 1. The molecule has 2 heterocycles. The number of hydrogen-bond acceptors (Lipinski definition) is 7. The van der Waals surface area contributed by atoms with E-state index in [0.717, 1.165) is 18.5 Å². The van der Waals surface area contributed by atoms with Gasteiger partial charge in [0.2, 0.25) is 5.76 Å². The fourth-order valence-corrected chi connectivity index (χ4v) is 2.64. The number of fused-ring (bicyclic) bond motifs is 1. The Balaban J connectivity index is 0.00000261. The smallest absolute Gasteiger partial charge is 0.409 e. The molecule has 1 saturated heterocycles. The largest absolute Gasteiger partial charge is 0.490 e. The number of hydrogen-bond donors (Lipinski definition) is 1. The molecule has 0 spiro atoms. The molecule has 9 heteroatoms. The number of ether oxygens (including phenoxy) is 3. The topological polar surface area (TPSA) is 90.2 Å². The standard InChI is InChI=1S/C18H22N2O6.ClH/c1-2-23-17(21)16-12-13-11-14(3-4-15(13)26-16)24-9-10-25-18(22)20-7-5-19-6-8-20;/h3-4,11-12,19H,2,5-10H2,1H3;1H. The molecular weight excluding hydrogens is 376 g/mol. The van der Waals surface area contributed by atoms with E-state index in [2.05, 4.69) is 5.32 Å². The quantitative estimate of drug-likeness (QED) is 0.590. The van der Waals surface area contributed by atoms with Gasteiger partial charge in [-0.05, 0) is 31.2 Å². The van der Waals surface area contributed by atoms with Crippen LogP contribution in [0.4, 0.5) is 4.79 Å². The lowest BCUT2D eigenvalue weighted by Crippen LogP contribution is -2.46. The fraction of sp³-hybridized carbons (Fsp3) is 0.444. The summed E-state index contributed by atoms with van der Waals surface area (Å²) >= 11 is 0. The summed E-state index contributed by atoms with van der Waals surface area (Å²) in [6.07, 6.45) is -0.320. The number of carbonyl (C=O) groups is 2. The summed E-state index contributed by atoms with van der Waals surface area (Å²) in [4.78, 5) is 25.2. The second-order valence-electron chi connectivity index (χ2n) is 5.73. The second kappa shape index (κ2) is 10.0. The van der Waals surface area contributed by atoms with Crippen molar-refractivity contribution in [3.05, 3.63) is 30.0 Å². The highest BCUT2D eigenvalue weighted by molar-refractivity contribution is 5.92. The number of rotatable bonds is 6. The van der Waals surface area contributed by atoms with Gasteiger partial charge < -0.3 is 28.8 Å². The van der Waals surface area contributed by atoms with Crippen LogP contribution in [-0.4, -0.2) is 63.0 Å². The SMILES string of the molecule is CCOC(=O)c1cc2cc(OCCOC(=O)N3CCNCC3)ccc2o1.Cl. The van der Waals surface area contributed by atoms with Crippen LogP contribution < -0.4 is 10.1 Å². The van der Waals surface area contributed by atoms with Gasteiger partial charge in [-0.3, -0.25) is 0 Å². The molecule has 1 aromatic carbocycles. The number of nitrogens with zero attached hydrogens (tertiary/aromatic N) is 1. The van der Waals surface area contributed by atoms with Crippen molar-refractivity contribution in [1.29, 1.82) is 0 Å². The lowest BCUT2D eigenvalue weighted by molar-refractivity contribution is 0.0492.